The molecule has 5 nitrogen and oxygen atoms in total. The molecule has 0 N–H and O–H groups in total. The maximum Gasteiger partial charge on any atom is 0.269 e. The molecule has 0 atom stereocenters. The monoisotopic (exact) mass is 256 g/mol. The van der Waals surface area contributed by atoms with E-state index in [0.717, 1.165) is 0 Å². The van der Waals surface area contributed by atoms with Gasteiger partial charge in [-0.25, -0.2) is 5.11 Å². The molecular weight excluding hydrogens is 246 g/mol. The van der Waals surface area contributed by atoms with Crippen molar-refractivity contribution in [2.45, 2.75) is 6.61 Å². The molecule has 2 rings (SSSR count). The van der Waals surface area contributed by atoms with Gasteiger partial charge in [0, 0.05) is 23.3 Å². The molecule has 1 radical (unpaired) electrons. The number of nitro groups is 1. The second kappa shape index (κ2) is 5.41. The highest BCUT2D eigenvalue weighted by atomic mass is 16.6. The van der Waals surface area contributed by atoms with Gasteiger partial charge in [-0.1, -0.05) is 24.3 Å². The first-order valence-corrected chi connectivity index (χ1v) is 5.58. The summed E-state index contributed by atoms with van der Waals surface area (Å²) in [6, 6.07) is 11.8. The van der Waals surface area contributed by atoms with Crippen LogP contribution in [0.25, 0.3) is 0 Å². The first kappa shape index (κ1) is 12.9. The maximum atomic E-state index is 12.1. The fraction of sp³-hybridized carbons (Fsp3) is 0.0714. The summed E-state index contributed by atoms with van der Waals surface area (Å²) in [4.78, 5) is 22.1. The Hall–Kier alpha value is -2.53. The largest absolute Gasteiger partial charge is 0.289 e. The van der Waals surface area contributed by atoms with Gasteiger partial charge in [-0.05, 0) is 17.7 Å². The van der Waals surface area contributed by atoms with Crippen LogP contribution in [0.15, 0.2) is 48.5 Å². The highest BCUT2D eigenvalue weighted by Gasteiger charge is 2.11. The van der Waals surface area contributed by atoms with Gasteiger partial charge in [0.25, 0.3) is 5.69 Å². The molecule has 0 saturated carbocycles. The number of nitro benzene ring substituents is 1. The van der Waals surface area contributed by atoms with Crippen molar-refractivity contribution in [2.24, 2.45) is 0 Å². The van der Waals surface area contributed by atoms with E-state index in [1.807, 2.05) is 0 Å². The molecule has 2 aromatic rings. The van der Waals surface area contributed by atoms with Crippen molar-refractivity contribution in [3.8, 4) is 0 Å². The molecule has 2 aromatic carbocycles. The van der Waals surface area contributed by atoms with E-state index in [-0.39, 0.29) is 18.1 Å². The summed E-state index contributed by atoms with van der Waals surface area (Å²) in [5.41, 5.74) is 1.38. The van der Waals surface area contributed by atoms with Gasteiger partial charge in [-0.3, -0.25) is 14.9 Å². The van der Waals surface area contributed by atoms with Crippen molar-refractivity contribution in [2.75, 3.05) is 0 Å². The van der Waals surface area contributed by atoms with E-state index in [4.69, 9.17) is 0 Å². The number of rotatable bonds is 4. The van der Waals surface area contributed by atoms with Gasteiger partial charge < -0.3 is 0 Å². The van der Waals surface area contributed by atoms with E-state index < -0.39 is 4.92 Å². The number of non-ortho nitro benzene ring substituents is 1. The average molecular weight is 256 g/mol. The standard InChI is InChI=1S/C14H10NO4/c16-9-10-1-3-11(4-2-10)14(17)12-5-7-13(8-6-12)15(18)19/h1-8H,9H2. The number of ketones is 1. The Balaban J connectivity index is 2.25. The van der Waals surface area contributed by atoms with Gasteiger partial charge in [0.2, 0.25) is 0 Å². The zero-order valence-electron chi connectivity index (χ0n) is 9.91. The summed E-state index contributed by atoms with van der Waals surface area (Å²) >= 11 is 0. The van der Waals surface area contributed by atoms with Gasteiger partial charge >= 0.3 is 0 Å². The molecule has 0 fully saturated rings. The molecule has 0 aliphatic rings. The second-order valence-electron chi connectivity index (χ2n) is 3.97. The lowest BCUT2D eigenvalue weighted by molar-refractivity contribution is -0.384. The molecule has 0 aliphatic heterocycles. The minimum atomic E-state index is -0.517. The molecular formula is C14H10NO4. The third kappa shape index (κ3) is 2.83. The number of hydrogen-bond donors (Lipinski definition) is 0. The van der Waals surface area contributed by atoms with Gasteiger partial charge in [0.15, 0.2) is 5.78 Å². The van der Waals surface area contributed by atoms with E-state index in [0.29, 0.717) is 16.7 Å². The minimum absolute atomic E-state index is 0.0572. The van der Waals surface area contributed by atoms with Crippen LogP contribution in [0.2, 0.25) is 0 Å². The molecule has 95 valence electrons. The summed E-state index contributed by atoms with van der Waals surface area (Å²) in [5, 5.41) is 21.1. The van der Waals surface area contributed by atoms with Crippen LogP contribution in [0.5, 0.6) is 0 Å². The topological polar surface area (TPSA) is 80.1 Å². The van der Waals surface area contributed by atoms with E-state index in [1.54, 1.807) is 24.3 Å². The second-order valence-corrected chi connectivity index (χ2v) is 3.97. The molecule has 19 heavy (non-hydrogen) atoms. The molecule has 0 heterocycles. The highest BCUT2D eigenvalue weighted by Crippen LogP contribution is 2.15. The summed E-state index contributed by atoms with van der Waals surface area (Å²) in [6.07, 6.45) is 0. The fourth-order valence-electron chi connectivity index (χ4n) is 1.65. The fourth-order valence-corrected chi connectivity index (χ4v) is 1.65. The molecule has 0 unspecified atom stereocenters. The molecule has 5 heteroatoms. The van der Waals surface area contributed by atoms with Gasteiger partial charge in [-0.15, -0.1) is 0 Å². The third-order valence-corrected chi connectivity index (χ3v) is 2.72. The van der Waals surface area contributed by atoms with Crippen molar-refractivity contribution in [1.29, 1.82) is 0 Å². The van der Waals surface area contributed by atoms with Gasteiger partial charge in [0.1, 0.15) is 6.61 Å². The maximum absolute atomic E-state index is 12.1. The van der Waals surface area contributed by atoms with Gasteiger partial charge in [-0.2, -0.15) is 0 Å². The lowest BCUT2D eigenvalue weighted by Crippen LogP contribution is -2.01. The number of hydrogen-bond acceptors (Lipinski definition) is 3. The van der Waals surface area contributed by atoms with Crippen molar-refractivity contribution in [3.05, 3.63) is 75.3 Å². The Morgan fingerprint density at radius 3 is 1.84 bits per heavy atom. The number of benzene rings is 2. The Bertz CT molecular complexity index is 602. The van der Waals surface area contributed by atoms with Gasteiger partial charge in [0.05, 0.1) is 4.92 Å². The first-order chi connectivity index (χ1) is 9.11. The van der Waals surface area contributed by atoms with Crippen LogP contribution in [0.4, 0.5) is 5.69 Å². The predicted octanol–water partition coefficient (Wildman–Crippen LogP) is 2.76. The van der Waals surface area contributed by atoms with Crippen LogP contribution in [0.1, 0.15) is 21.5 Å². The van der Waals surface area contributed by atoms with E-state index in [9.17, 15) is 20.0 Å². The molecule has 0 saturated heterocycles. The summed E-state index contributed by atoms with van der Waals surface area (Å²) in [5.74, 6) is -0.229. The first-order valence-electron chi connectivity index (χ1n) is 5.58. The Morgan fingerprint density at radius 1 is 0.947 bits per heavy atom. The molecule has 0 amide bonds. The molecule has 0 bridgehead atoms. The lowest BCUT2D eigenvalue weighted by Gasteiger charge is -2.02. The van der Waals surface area contributed by atoms with Crippen LogP contribution in [0, 0.1) is 10.1 Å². The summed E-state index contributed by atoms with van der Waals surface area (Å²) in [7, 11) is 0. The number of nitrogens with zero attached hydrogens (tertiary/aromatic N) is 1. The van der Waals surface area contributed by atoms with E-state index >= 15 is 0 Å². The van der Waals surface area contributed by atoms with Crippen LogP contribution >= 0.6 is 0 Å². The Kier molecular flexibility index (Phi) is 3.68. The quantitative estimate of drug-likeness (QED) is 0.479. The Labute approximate surface area is 109 Å². The van der Waals surface area contributed by atoms with Crippen molar-refractivity contribution in [3.63, 3.8) is 0 Å². The van der Waals surface area contributed by atoms with Crippen molar-refractivity contribution >= 4 is 11.5 Å². The van der Waals surface area contributed by atoms with Crippen molar-refractivity contribution < 1.29 is 14.8 Å². The molecule has 0 aromatic heterocycles. The van der Waals surface area contributed by atoms with Crippen LogP contribution < -0.4 is 0 Å². The van der Waals surface area contributed by atoms with E-state index in [1.165, 1.54) is 24.3 Å². The Morgan fingerprint density at radius 2 is 1.42 bits per heavy atom. The van der Waals surface area contributed by atoms with E-state index in [2.05, 4.69) is 0 Å². The predicted molar refractivity (Wildman–Crippen MR) is 67.4 cm³/mol. The zero-order valence-corrected chi connectivity index (χ0v) is 9.91. The number of carbonyl (C=O) groups is 1. The van der Waals surface area contributed by atoms with Crippen LogP contribution in [0.3, 0.4) is 0 Å². The van der Waals surface area contributed by atoms with Crippen LogP contribution in [-0.2, 0) is 11.7 Å². The molecule has 0 spiro atoms. The summed E-state index contributed by atoms with van der Waals surface area (Å²) < 4.78 is 0. The van der Waals surface area contributed by atoms with Crippen molar-refractivity contribution in [1.82, 2.24) is 0 Å². The molecule has 0 aliphatic carbocycles. The minimum Gasteiger partial charge on any atom is -0.289 e. The smallest absolute Gasteiger partial charge is 0.269 e. The van der Waals surface area contributed by atoms with Crippen LogP contribution in [-0.4, -0.2) is 10.7 Å². The number of carbonyl (C=O) groups excluding carboxylic acids is 1. The zero-order chi connectivity index (χ0) is 13.8. The summed E-state index contributed by atoms with van der Waals surface area (Å²) in [6.45, 7) is -0.327. The average Bonchev–Trinajstić information content (AvgIpc) is 2.46. The SMILES string of the molecule is [O]Cc1ccc(C(=O)c2ccc([N+](=O)[O-])cc2)cc1. The highest BCUT2D eigenvalue weighted by molar-refractivity contribution is 6.09. The lowest BCUT2D eigenvalue weighted by atomic mass is 10.0. The normalized spacial score (nSPS) is 10.2. The third-order valence-electron chi connectivity index (χ3n) is 2.72.